The van der Waals surface area contributed by atoms with Gasteiger partial charge in [-0.25, -0.2) is 0 Å². The molecule has 1 saturated heterocycles. The Morgan fingerprint density at radius 2 is 1.75 bits per heavy atom. The Labute approximate surface area is 190 Å². The molecule has 2 unspecified atom stereocenters. The number of benzene rings is 2. The largest absolute Gasteiger partial charge is 0.452 e. The highest BCUT2D eigenvalue weighted by atomic mass is 32.2. The van der Waals surface area contributed by atoms with Gasteiger partial charge in [-0.05, 0) is 55.6 Å². The summed E-state index contributed by atoms with van der Waals surface area (Å²) in [5.41, 5.74) is 1.85. The van der Waals surface area contributed by atoms with Crippen molar-refractivity contribution in [2.45, 2.75) is 31.3 Å². The number of ether oxygens (including phenoxy) is 1. The van der Waals surface area contributed by atoms with Gasteiger partial charge in [0.1, 0.15) is 0 Å². The van der Waals surface area contributed by atoms with Crippen molar-refractivity contribution in [1.82, 2.24) is 0 Å². The third-order valence-corrected chi connectivity index (χ3v) is 5.68. The van der Waals surface area contributed by atoms with Crippen molar-refractivity contribution in [2.75, 3.05) is 28.3 Å². The van der Waals surface area contributed by atoms with Crippen molar-refractivity contribution in [3.63, 3.8) is 0 Å². The van der Waals surface area contributed by atoms with Crippen LogP contribution in [0, 0.1) is 5.92 Å². The second-order valence-corrected chi connectivity index (χ2v) is 8.31. The monoisotopic (exact) mass is 455 g/mol. The third kappa shape index (κ3) is 5.88. The first kappa shape index (κ1) is 23.3. The molecule has 2 aromatic carbocycles. The number of hydrogen-bond acceptors (Lipinski definition) is 6. The molecular weight excluding hydrogens is 430 g/mol. The Bertz CT molecular complexity index is 1020. The van der Waals surface area contributed by atoms with E-state index in [1.54, 1.807) is 40.9 Å². The zero-order chi connectivity index (χ0) is 23.3. The Morgan fingerprint density at radius 1 is 1.09 bits per heavy atom. The summed E-state index contributed by atoms with van der Waals surface area (Å²) in [6.45, 7) is 3.11. The van der Waals surface area contributed by atoms with Crippen LogP contribution in [-0.4, -0.2) is 42.6 Å². The summed E-state index contributed by atoms with van der Waals surface area (Å²) in [5.74, 6) is -2.04. The quantitative estimate of drug-likeness (QED) is 0.490. The van der Waals surface area contributed by atoms with Crippen LogP contribution in [0.2, 0.25) is 0 Å². The molecule has 0 bridgehead atoms. The maximum Gasteiger partial charge on any atom is 0.312 e. The van der Waals surface area contributed by atoms with E-state index in [4.69, 9.17) is 4.74 Å². The van der Waals surface area contributed by atoms with E-state index in [9.17, 15) is 19.2 Å². The van der Waals surface area contributed by atoms with Crippen LogP contribution in [0.25, 0.3) is 0 Å². The fourth-order valence-electron chi connectivity index (χ4n) is 3.30. The minimum atomic E-state index is -1.03. The van der Waals surface area contributed by atoms with Gasteiger partial charge in [-0.15, -0.1) is 11.8 Å². The summed E-state index contributed by atoms with van der Waals surface area (Å²) in [4.78, 5) is 51.1. The van der Waals surface area contributed by atoms with Crippen LogP contribution in [-0.2, 0) is 23.9 Å². The van der Waals surface area contributed by atoms with E-state index in [2.05, 4.69) is 10.6 Å². The van der Waals surface area contributed by atoms with Gasteiger partial charge in [0.05, 0.1) is 5.92 Å². The van der Waals surface area contributed by atoms with E-state index in [-0.39, 0.29) is 24.8 Å². The summed E-state index contributed by atoms with van der Waals surface area (Å²) in [6, 6.07) is 14.1. The lowest BCUT2D eigenvalue weighted by molar-refractivity contribution is -0.157. The smallest absolute Gasteiger partial charge is 0.312 e. The molecule has 1 aliphatic heterocycles. The average molecular weight is 456 g/mol. The number of thioether (sulfide) groups is 1. The first-order chi connectivity index (χ1) is 15.3. The van der Waals surface area contributed by atoms with Crippen LogP contribution >= 0.6 is 11.8 Å². The highest BCUT2D eigenvalue weighted by Crippen LogP contribution is 2.29. The van der Waals surface area contributed by atoms with Crippen LogP contribution in [0.1, 0.15) is 20.3 Å². The standard InChI is InChI=1S/C23H25N3O5S/c1-14(22(29)25-18-9-7-17(8-10-18)24-15(2)27)31-23(30)16-11-21(28)26(13-16)19-5-4-6-20(12-19)32-3/h4-10,12,14,16H,11,13H2,1-3H3,(H,24,27)(H,25,29). The summed E-state index contributed by atoms with van der Waals surface area (Å²) in [5, 5.41) is 5.30. The SMILES string of the molecule is CSc1cccc(N2CC(C(=O)OC(C)C(=O)Nc3ccc(NC(C)=O)cc3)CC2=O)c1. The van der Waals surface area contributed by atoms with E-state index >= 15 is 0 Å². The van der Waals surface area contributed by atoms with E-state index in [1.165, 1.54) is 13.8 Å². The van der Waals surface area contributed by atoms with Crippen molar-refractivity contribution in [3.8, 4) is 0 Å². The van der Waals surface area contributed by atoms with E-state index in [0.29, 0.717) is 11.4 Å². The first-order valence-electron chi connectivity index (χ1n) is 10.1. The predicted molar refractivity (Wildman–Crippen MR) is 124 cm³/mol. The molecule has 2 aromatic rings. The molecule has 9 heteroatoms. The van der Waals surface area contributed by atoms with Gasteiger partial charge in [-0.3, -0.25) is 19.2 Å². The molecule has 1 aliphatic rings. The maximum absolute atomic E-state index is 12.6. The van der Waals surface area contributed by atoms with Gasteiger partial charge < -0.3 is 20.3 Å². The minimum Gasteiger partial charge on any atom is -0.452 e. The van der Waals surface area contributed by atoms with Gasteiger partial charge in [-0.2, -0.15) is 0 Å². The third-order valence-electron chi connectivity index (χ3n) is 4.96. The molecule has 32 heavy (non-hydrogen) atoms. The number of carbonyl (C=O) groups excluding carboxylic acids is 4. The molecule has 0 aliphatic carbocycles. The fraction of sp³-hybridized carbons (Fsp3) is 0.304. The summed E-state index contributed by atoms with van der Waals surface area (Å²) < 4.78 is 5.33. The topological polar surface area (TPSA) is 105 Å². The number of esters is 1. The van der Waals surface area contributed by atoms with Gasteiger partial charge in [-0.1, -0.05) is 6.07 Å². The maximum atomic E-state index is 12.6. The minimum absolute atomic E-state index is 0.0429. The lowest BCUT2D eigenvalue weighted by Crippen LogP contribution is -2.33. The summed E-state index contributed by atoms with van der Waals surface area (Å²) in [7, 11) is 0. The number of anilines is 3. The number of hydrogen-bond donors (Lipinski definition) is 2. The van der Waals surface area contributed by atoms with Gasteiger partial charge >= 0.3 is 5.97 Å². The Kier molecular flexibility index (Phi) is 7.53. The number of nitrogens with zero attached hydrogens (tertiary/aromatic N) is 1. The van der Waals surface area contributed by atoms with Gasteiger partial charge in [0, 0.05) is 41.8 Å². The summed E-state index contributed by atoms with van der Waals surface area (Å²) >= 11 is 1.57. The number of amides is 3. The molecule has 1 fully saturated rings. The lowest BCUT2D eigenvalue weighted by atomic mass is 10.1. The fourth-order valence-corrected chi connectivity index (χ4v) is 3.75. The number of nitrogens with one attached hydrogen (secondary N) is 2. The Hall–Kier alpha value is -3.33. The summed E-state index contributed by atoms with van der Waals surface area (Å²) in [6.07, 6.45) is 0.970. The molecule has 0 radical (unpaired) electrons. The van der Waals surface area contributed by atoms with E-state index in [0.717, 1.165) is 10.6 Å². The van der Waals surface area contributed by atoms with Crippen molar-refractivity contribution in [3.05, 3.63) is 48.5 Å². The first-order valence-corrected chi connectivity index (χ1v) is 11.3. The van der Waals surface area contributed by atoms with E-state index < -0.39 is 23.9 Å². The number of rotatable bonds is 7. The molecule has 168 valence electrons. The lowest BCUT2D eigenvalue weighted by Gasteiger charge is -2.18. The highest BCUT2D eigenvalue weighted by Gasteiger charge is 2.37. The molecule has 2 atom stereocenters. The van der Waals surface area contributed by atoms with Gasteiger partial charge in [0.25, 0.3) is 5.91 Å². The molecule has 0 aromatic heterocycles. The van der Waals surface area contributed by atoms with Crippen molar-refractivity contribution < 1.29 is 23.9 Å². The molecule has 2 N–H and O–H groups in total. The van der Waals surface area contributed by atoms with Crippen LogP contribution in [0.3, 0.4) is 0 Å². The Morgan fingerprint density at radius 3 is 2.38 bits per heavy atom. The van der Waals surface area contributed by atoms with Crippen molar-refractivity contribution in [1.29, 1.82) is 0 Å². The molecule has 8 nitrogen and oxygen atoms in total. The van der Waals surface area contributed by atoms with Crippen LogP contribution in [0.5, 0.6) is 0 Å². The molecular formula is C23H25N3O5S. The second kappa shape index (κ2) is 10.3. The van der Waals surface area contributed by atoms with Crippen LogP contribution in [0.4, 0.5) is 17.1 Å². The highest BCUT2D eigenvalue weighted by molar-refractivity contribution is 7.98. The molecule has 3 amide bonds. The van der Waals surface area contributed by atoms with E-state index in [1.807, 2.05) is 30.5 Å². The normalized spacial score (nSPS) is 16.4. The zero-order valence-electron chi connectivity index (χ0n) is 18.1. The van der Waals surface area contributed by atoms with Crippen LogP contribution < -0.4 is 15.5 Å². The van der Waals surface area contributed by atoms with Gasteiger partial charge in [0.15, 0.2) is 6.10 Å². The predicted octanol–water partition coefficient (Wildman–Crippen LogP) is 3.29. The molecule has 0 saturated carbocycles. The second-order valence-electron chi connectivity index (χ2n) is 7.43. The Balaban J connectivity index is 1.55. The van der Waals surface area contributed by atoms with Crippen molar-refractivity contribution >= 4 is 52.5 Å². The molecule has 0 spiro atoms. The average Bonchev–Trinajstić information content (AvgIpc) is 3.16. The van der Waals surface area contributed by atoms with Crippen molar-refractivity contribution in [2.24, 2.45) is 5.92 Å². The number of carbonyl (C=O) groups is 4. The molecule has 3 rings (SSSR count). The zero-order valence-corrected chi connectivity index (χ0v) is 18.9. The molecule has 1 heterocycles. The van der Waals surface area contributed by atoms with Gasteiger partial charge in [0.2, 0.25) is 11.8 Å². The van der Waals surface area contributed by atoms with Crippen LogP contribution in [0.15, 0.2) is 53.4 Å².